The Hall–Kier alpha value is -1.45. The summed E-state index contributed by atoms with van der Waals surface area (Å²) in [7, 11) is -0.372. The van der Waals surface area contributed by atoms with Crippen LogP contribution in [0.2, 0.25) is 0 Å². The van der Waals surface area contributed by atoms with Crippen molar-refractivity contribution in [2.24, 2.45) is 5.92 Å². The van der Waals surface area contributed by atoms with Crippen LogP contribution in [0.25, 0.3) is 0 Å². The van der Waals surface area contributed by atoms with Crippen LogP contribution in [0.4, 0.5) is 0 Å². The predicted octanol–water partition coefficient (Wildman–Crippen LogP) is -0.0724. The van der Waals surface area contributed by atoms with Gasteiger partial charge in [-0.2, -0.15) is 0 Å². The Balaban J connectivity index is 2.07. The molecule has 124 valence electrons. The molecule has 2 rings (SSSR count). The van der Waals surface area contributed by atoms with Crippen molar-refractivity contribution >= 4 is 15.9 Å². The molecule has 22 heavy (non-hydrogen) atoms. The second-order valence-corrected chi connectivity index (χ2v) is 7.87. The van der Waals surface area contributed by atoms with Gasteiger partial charge < -0.3 is 14.6 Å². The molecule has 1 aromatic heterocycles. The maximum absolute atomic E-state index is 12.3. The highest BCUT2D eigenvalue weighted by Crippen LogP contribution is 2.19. The van der Waals surface area contributed by atoms with Crippen molar-refractivity contribution in [2.75, 3.05) is 33.1 Å². The van der Waals surface area contributed by atoms with Gasteiger partial charge in [0.1, 0.15) is 11.3 Å². The van der Waals surface area contributed by atoms with Crippen LogP contribution in [0.15, 0.2) is 4.52 Å². The lowest BCUT2D eigenvalue weighted by Gasteiger charge is -2.20. The van der Waals surface area contributed by atoms with Crippen LogP contribution in [-0.2, 0) is 14.8 Å². The summed E-state index contributed by atoms with van der Waals surface area (Å²) >= 11 is 0. The van der Waals surface area contributed by atoms with E-state index in [-0.39, 0.29) is 23.6 Å². The normalized spacial score (nSPS) is 22.2. The minimum atomic E-state index is -3.35. The number of aromatic nitrogens is 1. The summed E-state index contributed by atoms with van der Waals surface area (Å²) in [4.78, 5) is 12.3. The van der Waals surface area contributed by atoms with Gasteiger partial charge in [-0.1, -0.05) is 5.16 Å². The smallest absolute Gasteiger partial charge is 0.257 e. The molecule has 1 N–H and O–H groups in total. The predicted molar refractivity (Wildman–Crippen MR) is 79.0 cm³/mol. The molecule has 0 radical (unpaired) electrons. The fourth-order valence-electron chi connectivity index (χ4n) is 2.39. The lowest BCUT2D eigenvalue weighted by atomic mass is 10.1. The molecule has 1 amide bonds. The van der Waals surface area contributed by atoms with Crippen LogP contribution in [0.5, 0.6) is 0 Å². The first-order chi connectivity index (χ1) is 10.2. The van der Waals surface area contributed by atoms with Gasteiger partial charge in [-0.25, -0.2) is 12.7 Å². The summed E-state index contributed by atoms with van der Waals surface area (Å²) in [6.07, 6.45) is 0. The molecule has 0 aromatic carbocycles. The third-order valence-corrected chi connectivity index (χ3v) is 5.72. The van der Waals surface area contributed by atoms with Crippen molar-refractivity contribution in [3.63, 3.8) is 0 Å². The Morgan fingerprint density at radius 2 is 2.05 bits per heavy atom. The molecule has 1 aliphatic heterocycles. The van der Waals surface area contributed by atoms with Crippen molar-refractivity contribution in [2.45, 2.75) is 19.9 Å². The summed E-state index contributed by atoms with van der Waals surface area (Å²) in [6, 6.07) is -0.351. The summed E-state index contributed by atoms with van der Waals surface area (Å²) in [5.41, 5.74) is 0.896. The molecular formula is C13H21N3O5S. The van der Waals surface area contributed by atoms with Crippen molar-refractivity contribution in [3.8, 4) is 0 Å². The number of nitrogens with zero attached hydrogens (tertiary/aromatic N) is 2. The van der Waals surface area contributed by atoms with E-state index in [2.05, 4.69) is 10.5 Å². The van der Waals surface area contributed by atoms with Crippen LogP contribution in [0, 0.1) is 19.8 Å². The second-order valence-electron chi connectivity index (χ2n) is 5.64. The van der Waals surface area contributed by atoms with Crippen LogP contribution in [-0.4, -0.2) is 62.9 Å². The highest BCUT2D eigenvalue weighted by Gasteiger charge is 2.35. The molecule has 0 unspecified atom stereocenters. The Morgan fingerprint density at radius 3 is 2.59 bits per heavy atom. The molecule has 0 aliphatic carbocycles. The van der Waals surface area contributed by atoms with Gasteiger partial charge in [-0.15, -0.1) is 0 Å². The van der Waals surface area contributed by atoms with Gasteiger partial charge in [0.15, 0.2) is 0 Å². The first-order valence-electron chi connectivity index (χ1n) is 6.94. The number of carbonyl (C=O) groups is 1. The van der Waals surface area contributed by atoms with Gasteiger partial charge >= 0.3 is 0 Å². The van der Waals surface area contributed by atoms with E-state index < -0.39 is 10.0 Å². The van der Waals surface area contributed by atoms with Crippen molar-refractivity contribution in [1.82, 2.24) is 14.8 Å². The molecule has 9 heteroatoms. The number of rotatable bonds is 5. The zero-order valence-electron chi connectivity index (χ0n) is 13.1. The van der Waals surface area contributed by atoms with Crippen molar-refractivity contribution < 1.29 is 22.5 Å². The third kappa shape index (κ3) is 3.47. The molecule has 1 saturated heterocycles. The number of carbonyl (C=O) groups excluding carboxylic acids is 1. The van der Waals surface area contributed by atoms with Gasteiger partial charge in [-0.3, -0.25) is 4.79 Å². The zero-order chi connectivity index (χ0) is 16.5. The number of sulfonamides is 1. The molecule has 1 fully saturated rings. The van der Waals surface area contributed by atoms with Gasteiger partial charge in [0.25, 0.3) is 5.91 Å². The lowest BCUT2D eigenvalue weighted by molar-refractivity contribution is 0.0924. The Labute approximate surface area is 129 Å². The Kier molecular flexibility index (Phi) is 4.88. The highest BCUT2D eigenvalue weighted by atomic mass is 32.2. The fraction of sp³-hybridized carbons (Fsp3) is 0.692. The van der Waals surface area contributed by atoms with Crippen LogP contribution in [0.1, 0.15) is 21.8 Å². The molecular weight excluding hydrogens is 310 g/mol. The third-order valence-electron chi connectivity index (χ3n) is 3.76. The second kappa shape index (κ2) is 6.35. The lowest BCUT2D eigenvalue weighted by Crippen LogP contribution is -2.43. The number of aryl methyl sites for hydroxylation is 2. The molecule has 0 saturated carbocycles. The van der Waals surface area contributed by atoms with Crippen LogP contribution < -0.4 is 5.32 Å². The van der Waals surface area contributed by atoms with E-state index in [0.717, 1.165) is 0 Å². The van der Waals surface area contributed by atoms with Crippen LogP contribution >= 0.6 is 0 Å². The Morgan fingerprint density at radius 1 is 1.36 bits per heavy atom. The van der Waals surface area contributed by atoms with E-state index in [4.69, 9.17) is 9.26 Å². The average molecular weight is 331 g/mol. The number of hydrogen-bond donors (Lipinski definition) is 1. The summed E-state index contributed by atoms with van der Waals surface area (Å²) in [5.74, 6) is -0.228. The quantitative estimate of drug-likeness (QED) is 0.810. The van der Waals surface area contributed by atoms with Gasteiger partial charge in [0, 0.05) is 20.0 Å². The maximum atomic E-state index is 12.3. The zero-order valence-corrected chi connectivity index (χ0v) is 13.9. The standard InChI is InChI=1S/C13H21N3O5S/c1-8-12(9(2)21-15-8)13(17)14-11-6-20-5-10(11)7-22(18,19)16(3)4/h10-11H,5-7H2,1-4H3,(H,14,17)/t10-,11+/m0/s1. The highest BCUT2D eigenvalue weighted by molar-refractivity contribution is 7.89. The summed E-state index contributed by atoms with van der Waals surface area (Å²) < 4.78 is 35.5. The average Bonchev–Trinajstić information content (AvgIpc) is 2.96. The first-order valence-corrected chi connectivity index (χ1v) is 8.55. The van der Waals surface area contributed by atoms with E-state index >= 15 is 0 Å². The number of ether oxygens (including phenoxy) is 1. The maximum Gasteiger partial charge on any atom is 0.257 e. The topological polar surface area (TPSA) is 102 Å². The molecule has 8 nitrogen and oxygen atoms in total. The van der Waals surface area contributed by atoms with Gasteiger partial charge in [-0.05, 0) is 13.8 Å². The molecule has 2 heterocycles. The number of nitrogens with one attached hydrogen (secondary N) is 1. The molecule has 1 aromatic rings. The Bertz CT molecular complexity index is 633. The largest absolute Gasteiger partial charge is 0.379 e. The molecule has 1 aliphatic rings. The van der Waals surface area contributed by atoms with Crippen LogP contribution in [0.3, 0.4) is 0 Å². The van der Waals surface area contributed by atoms with Gasteiger partial charge in [0.05, 0.1) is 30.7 Å². The number of hydrogen-bond acceptors (Lipinski definition) is 6. The van der Waals surface area contributed by atoms with E-state index in [0.29, 0.717) is 30.2 Å². The van der Waals surface area contributed by atoms with E-state index in [1.54, 1.807) is 13.8 Å². The number of amides is 1. The molecule has 2 atom stereocenters. The minimum Gasteiger partial charge on any atom is -0.379 e. The monoisotopic (exact) mass is 331 g/mol. The first kappa shape index (κ1) is 16.9. The van der Waals surface area contributed by atoms with E-state index in [1.165, 1.54) is 18.4 Å². The van der Waals surface area contributed by atoms with E-state index in [9.17, 15) is 13.2 Å². The summed E-state index contributed by atoms with van der Waals surface area (Å²) in [5, 5.41) is 6.57. The van der Waals surface area contributed by atoms with E-state index in [1.807, 2.05) is 0 Å². The van der Waals surface area contributed by atoms with Crippen molar-refractivity contribution in [3.05, 3.63) is 17.0 Å². The SMILES string of the molecule is Cc1noc(C)c1C(=O)N[C@@H]1COC[C@H]1CS(=O)(=O)N(C)C. The molecule has 0 spiro atoms. The molecule has 0 bridgehead atoms. The minimum absolute atomic E-state index is 0.0629. The van der Waals surface area contributed by atoms with Gasteiger partial charge in [0.2, 0.25) is 10.0 Å². The van der Waals surface area contributed by atoms with Crippen molar-refractivity contribution in [1.29, 1.82) is 0 Å². The summed E-state index contributed by atoms with van der Waals surface area (Å²) in [6.45, 7) is 3.95. The fourth-order valence-corrected chi connectivity index (χ4v) is 3.56.